The number of hydrogen-bond acceptors (Lipinski definition) is 3. The zero-order valence-corrected chi connectivity index (χ0v) is 17.6. The van der Waals surface area contributed by atoms with Gasteiger partial charge in [-0.3, -0.25) is 9.59 Å². The minimum Gasteiger partial charge on any atom is -0.451 e. The maximum absolute atomic E-state index is 12.5. The van der Waals surface area contributed by atoms with Crippen LogP contribution in [0.15, 0.2) is 89.3 Å². The van der Waals surface area contributed by atoms with Crippen molar-refractivity contribution in [1.82, 2.24) is 0 Å². The number of carbonyl (C=O) groups excluding carboxylic acids is 2. The second-order valence-corrected chi connectivity index (χ2v) is 7.48. The van der Waals surface area contributed by atoms with Gasteiger partial charge in [0.2, 0.25) is 0 Å². The number of nitrogens with one attached hydrogen (secondary N) is 2. The third kappa shape index (κ3) is 4.97. The highest BCUT2D eigenvalue weighted by Crippen LogP contribution is 2.32. The standard InChI is InChI=1S/C24H16Cl2N2O3/c25-16-6-11-20(26)19(14-16)21-12-13-22(31-21)24(30)28-18-9-7-17(8-10-18)27-23(29)15-4-2-1-3-5-15/h1-14H,(H,27,29)(H,28,30). The van der Waals surface area contributed by atoms with E-state index in [1.165, 1.54) is 0 Å². The first-order chi connectivity index (χ1) is 15.0. The van der Waals surface area contributed by atoms with Crippen molar-refractivity contribution in [2.45, 2.75) is 0 Å². The number of halogens is 2. The van der Waals surface area contributed by atoms with Crippen molar-refractivity contribution in [1.29, 1.82) is 0 Å². The van der Waals surface area contributed by atoms with Gasteiger partial charge in [-0.15, -0.1) is 0 Å². The van der Waals surface area contributed by atoms with E-state index in [9.17, 15) is 9.59 Å². The molecule has 0 aliphatic carbocycles. The molecule has 31 heavy (non-hydrogen) atoms. The smallest absolute Gasteiger partial charge is 0.291 e. The van der Waals surface area contributed by atoms with E-state index in [-0.39, 0.29) is 11.7 Å². The van der Waals surface area contributed by atoms with Gasteiger partial charge < -0.3 is 15.1 Å². The van der Waals surface area contributed by atoms with Gasteiger partial charge in [0.1, 0.15) is 5.76 Å². The number of hydrogen-bond donors (Lipinski definition) is 2. The maximum Gasteiger partial charge on any atom is 0.291 e. The van der Waals surface area contributed by atoms with Crippen LogP contribution < -0.4 is 10.6 Å². The molecule has 4 rings (SSSR count). The predicted molar refractivity (Wildman–Crippen MR) is 123 cm³/mol. The third-order valence-corrected chi connectivity index (χ3v) is 5.02. The molecule has 0 aliphatic heterocycles. The van der Waals surface area contributed by atoms with Crippen LogP contribution in [0.4, 0.5) is 11.4 Å². The number of anilines is 2. The highest BCUT2D eigenvalue weighted by atomic mass is 35.5. The average molecular weight is 451 g/mol. The number of carbonyl (C=O) groups is 2. The van der Waals surface area contributed by atoms with E-state index in [0.717, 1.165) is 0 Å². The predicted octanol–water partition coefficient (Wildman–Crippen LogP) is 6.76. The van der Waals surface area contributed by atoms with E-state index in [4.69, 9.17) is 27.6 Å². The topological polar surface area (TPSA) is 71.3 Å². The average Bonchev–Trinajstić information content (AvgIpc) is 3.27. The van der Waals surface area contributed by atoms with Gasteiger partial charge in [0, 0.05) is 27.5 Å². The Labute approximate surface area is 188 Å². The Balaban J connectivity index is 1.42. The van der Waals surface area contributed by atoms with E-state index >= 15 is 0 Å². The first kappa shape index (κ1) is 20.7. The fraction of sp³-hybridized carbons (Fsp3) is 0. The van der Waals surface area contributed by atoms with Crippen LogP contribution >= 0.6 is 23.2 Å². The van der Waals surface area contributed by atoms with Crippen LogP contribution in [0.2, 0.25) is 10.0 Å². The van der Waals surface area contributed by atoms with Gasteiger partial charge >= 0.3 is 0 Å². The minimum absolute atomic E-state index is 0.132. The molecule has 0 saturated heterocycles. The SMILES string of the molecule is O=C(Nc1ccc(NC(=O)c2ccc(-c3cc(Cl)ccc3Cl)o2)cc1)c1ccccc1. The minimum atomic E-state index is -0.412. The van der Waals surface area contributed by atoms with Crippen molar-refractivity contribution >= 4 is 46.4 Å². The molecule has 7 heteroatoms. The molecule has 4 aromatic rings. The first-order valence-corrected chi connectivity index (χ1v) is 10.1. The van der Waals surface area contributed by atoms with Crippen LogP contribution in [0.5, 0.6) is 0 Å². The van der Waals surface area contributed by atoms with E-state index in [1.54, 1.807) is 78.9 Å². The fourth-order valence-corrected chi connectivity index (χ4v) is 3.30. The third-order valence-electron chi connectivity index (χ3n) is 4.46. The van der Waals surface area contributed by atoms with Crippen LogP contribution in [0, 0.1) is 0 Å². The van der Waals surface area contributed by atoms with Crippen molar-refractivity contribution in [3.05, 3.63) is 106 Å². The lowest BCUT2D eigenvalue weighted by atomic mass is 10.2. The Hall–Kier alpha value is -3.54. The van der Waals surface area contributed by atoms with Gasteiger partial charge in [-0.1, -0.05) is 41.4 Å². The number of amides is 2. The quantitative estimate of drug-likeness (QED) is 0.352. The largest absolute Gasteiger partial charge is 0.451 e. The van der Waals surface area contributed by atoms with Crippen LogP contribution in [0.1, 0.15) is 20.9 Å². The molecule has 1 aromatic heterocycles. The van der Waals surface area contributed by atoms with Gasteiger partial charge in [-0.2, -0.15) is 0 Å². The molecule has 3 aromatic carbocycles. The second kappa shape index (κ2) is 9.08. The normalized spacial score (nSPS) is 10.5. The van der Waals surface area contributed by atoms with Crippen molar-refractivity contribution in [3.63, 3.8) is 0 Å². The molecule has 0 fully saturated rings. The summed E-state index contributed by atoms with van der Waals surface area (Å²) < 4.78 is 5.65. The number of rotatable bonds is 5. The van der Waals surface area contributed by atoms with Crippen molar-refractivity contribution < 1.29 is 14.0 Å². The Bertz CT molecular complexity index is 1240. The molecule has 0 saturated carbocycles. The van der Waals surface area contributed by atoms with E-state index < -0.39 is 5.91 Å². The summed E-state index contributed by atoms with van der Waals surface area (Å²) in [5.74, 6) is -0.0465. The Morgan fingerprint density at radius 2 is 1.35 bits per heavy atom. The summed E-state index contributed by atoms with van der Waals surface area (Å²) in [6.45, 7) is 0. The molecule has 0 aliphatic rings. The molecular formula is C24H16Cl2N2O3. The zero-order chi connectivity index (χ0) is 21.8. The van der Waals surface area contributed by atoms with Gasteiger partial charge in [0.25, 0.3) is 11.8 Å². The molecule has 154 valence electrons. The molecule has 0 radical (unpaired) electrons. The fourth-order valence-electron chi connectivity index (χ4n) is 2.91. The van der Waals surface area contributed by atoms with Gasteiger partial charge in [0.15, 0.2) is 5.76 Å². The molecule has 0 atom stereocenters. The summed E-state index contributed by atoms with van der Waals surface area (Å²) in [7, 11) is 0. The molecule has 0 spiro atoms. The van der Waals surface area contributed by atoms with E-state index in [2.05, 4.69) is 10.6 Å². The molecule has 2 N–H and O–H groups in total. The summed E-state index contributed by atoms with van der Waals surface area (Å²) in [6.07, 6.45) is 0. The summed E-state index contributed by atoms with van der Waals surface area (Å²) in [6, 6.07) is 23.9. The van der Waals surface area contributed by atoms with Gasteiger partial charge in [0.05, 0.1) is 5.02 Å². The van der Waals surface area contributed by atoms with E-state index in [1.807, 2.05) is 6.07 Å². The molecule has 5 nitrogen and oxygen atoms in total. The maximum atomic E-state index is 12.5. The van der Waals surface area contributed by atoms with Crippen molar-refractivity contribution in [2.24, 2.45) is 0 Å². The molecular weight excluding hydrogens is 435 g/mol. The van der Waals surface area contributed by atoms with Crippen molar-refractivity contribution in [2.75, 3.05) is 10.6 Å². The van der Waals surface area contributed by atoms with Crippen LogP contribution in [0.25, 0.3) is 11.3 Å². The van der Waals surface area contributed by atoms with Gasteiger partial charge in [-0.25, -0.2) is 0 Å². The summed E-state index contributed by atoms with van der Waals surface area (Å²) in [5, 5.41) is 6.55. The lowest BCUT2D eigenvalue weighted by Crippen LogP contribution is -2.12. The Morgan fingerprint density at radius 1 is 0.710 bits per heavy atom. The summed E-state index contributed by atoms with van der Waals surface area (Å²) >= 11 is 12.2. The highest BCUT2D eigenvalue weighted by molar-refractivity contribution is 6.35. The number of furan rings is 1. The summed E-state index contributed by atoms with van der Waals surface area (Å²) in [5.41, 5.74) is 2.34. The monoisotopic (exact) mass is 450 g/mol. The highest BCUT2D eigenvalue weighted by Gasteiger charge is 2.15. The zero-order valence-electron chi connectivity index (χ0n) is 16.1. The molecule has 0 unspecified atom stereocenters. The van der Waals surface area contributed by atoms with E-state index in [0.29, 0.717) is 38.3 Å². The lowest BCUT2D eigenvalue weighted by molar-refractivity contribution is 0.0995. The van der Waals surface area contributed by atoms with Crippen LogP contribution in [-0.4, -0.2) is 11.8 Å². The summed E-state index contributed by atoms with van der Waals surface area (Å²) in [4.78, 5) is 24.7. The molecule has 1 heterocycles. The van der Waals surface area contributed by atoms with Gasteiger partial charge in [-0.05, 0) is 66.7 Å². The first-order valence-electron chi connectivity index (χ1n) is 9.33. The molecule has 2 amide bonds. The van der Waals surface area contributed by atoms with Crippen LogP contribution in [-0.2, 0) is 0 Å². The van der Waals surface area contributed by atoms with Crippen LogP contribution in [0.3, 0.4) is 0 Å². The molecule has 0 bridgehead atoms. The second-order valence-electron chi connectivity index (χ2n) is 6.64. The number of benzene rings is 3. The lowest BCUT2D eigenvalue weighted by Gasteiger charge is -2.07. The Kier molecular flexibility index (Phi) is 6.07. The Morgan fingerprint density at radius 3 is 2.03 bits per heavy atom. The van der Waals surface area contributed by atoms with Crippen molar-refractivity contribution in [3.8, 4) is 11.3 Å².